The van der Waals surface area contributed by atoms with Crippen molar-refractivity contribution in [3.8, 4) is 5.75 Å². The first-order chi connectivity index (χ1) is 21.6. The van der Waals surface area contributed by atoms with Gasteiger partial charge in [0.2, 0.25) is 11.8 Å². The minimum absolute atomic E-state index is 0.0334. The quantitative estimate of drug-likeness (QED) is 0.145. The Morgan fingerprint density at radius 3 is 2.24 bits per heavy atom. The normalized spacial score (nSPS) is 17.5. The number of amides is 3. The van der Waals surface area contributed by atoms with Crippen LogP contribution in [-0.4, -0.2) is 64.1 Å². The van der Waals surface area contributed by atoms with E-state index in [-0.39, 0.29) is 37.6 Å². The molecule has 1 aliphatic heterocycles. The summed E-state index contributed by atoms with van der Waals surface area (Å²) in [6, 6.07) is 20.0. The van der Waals surface area contributed by atoms with Gasteiger partial charge in [0.1, 0.15) is 30.0 Å². The fraction of sp³-hybridized carbons (Fsp3) is 0.294. The highest BCUT2D eigenvalue weighted by atomic mass is 16.6. The number of phenols is 1. The molecule has 0 radical (unpaired) electrons. The molecule has 3 aromatic carbocycles. The highest BCUT2D eigenvalue weighted by molar-refractivity contribution is 5.98. The van der Waals surface area contributed by atoms with Crippen molar-refractivity contribution in [1.82, 2.24) is 20.9 Å². The van der Waals surface area contributed by atoms with Gasteiger partial charge in [-0.3, -0.25) is 14.4 Å². The highest BCUT2D eigenvalue weighted by Crippen LogP contribution is 2.29. The number of phenolic OH excluding ortho intramolecular Hbond substituents is 1. The van der Waals surface area contributed by atoms with E-state index in [1.807, 2.05) is 54.6 Å². The van der Waals surface area contributed by atoms with Crippen molar-refractivity contribution in [3.63, 3.8) is 0 Å². The van der Waals surface area contributed by atoms with Crippen molar-refractivity contribution in [3.05, 3.63) is 102 Å². The van der Waals surface area contributed by atoms with Crippen LogP contribution < -0.4 is 16.0 Å². The fourth-order valence-electron chi connectivity index (χ4n) is 5.00. The maximum absolute atomic E-state index is 13.9. The second kappa shape index (κ2) is 13.6. The van der Waals surface area contributed by atoms with Crippen LogP contribution in [0.3, 0.4) is 0 Å². The molecule has 11 nitrogen and oxygen atoms in total. The predicted molar refractivity (Wildman–Crippen MR) is 166 cm³/mol. The lowest BCUT2D eigenvalue weighted by molar-refractivity contribution is -0.133. The molecule has 1 saturated heterocycles. The third-order valence-electron chi connectivity index (χ3n) is 7.78. The third kappa shape index (κ3) is 8.07. The summed E-state index contributed by atoms with van der Waals surface area (Å²) in [6.45, 7) is 3.43. The Hall–Kier alpha value is -5.16. The van der Waals surface area contributed by atoms with Gasteiger partial charge in [0.15, 0.2) is 5.78 Å². The number of ketones is 1. The Morgan fingerprint density at radius 1 is 0.867 bits per heavy atom. The number of aromatic hydroxyl groups is 1. The molecule has 0 spiro atoms. The van der Waals surface area contributed by atoms with Crippen LogP contribution in [-0.2, 0) is 43.3 Å². The second-order valence-corrected chi connectivity index (χ2v) is 11.4. The summed E-state index contributed by atoms with van der Waals surface area (Å²) in [5, 5.41) is 18.7. The average Bonchev–Trinajstić information content (AvgIpc) is 3.67. The number of Topliss-reactive ketones (excluding diaryl/α,β-unsaturated/α-hetero) is 1. The van der Waals surface area contributed by atoms with Crippen molar-refractivity contribution in [1.29, 1.82) is 0 Å². The molecule has 5 rings (SSSR count). The number of H-pyrrole nitrogens is 1. The highest BCUT2D eigenvalue weighted by Gasteiger charge is 2.50. The average molecular weight is 613 g/mol. The summed E-state index contributed by atoms with van der Waals surface area (Å²) < 4.78 is 10.6. The van der Waals surface area contributed by atoms with Gasteiger partial charge in [-0.15, -0.1) is 0 Å². The number of hydrogen-bond acceptors (Lipinski definition) is 7. The molecule has 2 heterocycles. The lowest BCUT2D eigenvalue weighted by Crippen LogP contribution is -2.57. The monoisotopic (exact) mass is 612 g/mol. The zero-order valence-corrected chi connectivity index (χ0v) is 25.0. The molecule has 1 aromatic heterocycles. The number of aromatic nitrogens is 1. The number of fused-ring (bicyclic) bond motifs is 1. The standard InChI is InChI=1S/C34H36N4O7/c1-21(36-33(43)44-19-23-8-4-3-5-9-23)31(41)38-29(17-24-18-35-27-11-7-6-10-26(24)27)32(42)37-28(30(40)34(2)20-45-34)16-22-12-14-25(39)15-13-22/h3-15,18,21,28-29,35,39H,16-17,19-20H2,1-2H3,(H,36,43)(H,37,42)(H,38,41)/t21-,28?,29+,34-/m1/s1. The smallest absolute Gasteiger partial charge is 0.408 e. The number of benzene rings is 3. The van der Waals surface area contributed by atoms with E-state index in [9.17, 15) is 24.3 Å². The zero-order chi connectivity index (χ0) is 32.0. The van der Waals surface area contributed by atoms with Crippen molar-refractivity contribution in [2.24, 2.45) is 0 Å². The molecule has 0 bridgehead atoms. The van der Waals surface area contributed by atoms with Gasteiger partial charge in [0.05, 0.1) is 12.6 Å². The number of para-hydroxylation sites is 1. The number of hydrogen-bond donors (Lipinski definition) is 5. The van der Waals surface area contributed by atoms with E-state index in [1.165, 1.54) is 19.1 Å². The first-order valence-electron chi connectivity index (χ1n) is 14.7. The molecular formula is C34H36N4O7. The second-order valence-electron chi connectivity index (χ2n) is 11.4. The molecule has 3 amide bonds. The van der Waals surface area contributed by atoms with Gasteiger partial charge in [-0.25, -0.2) is 4.79 Å². The molecule has 0 aliphatic carbocycles. The van der Waals surface area contributed by atoms with Crippen molar-refractivity contribution in [2.45, 2.75) is 57.0 Å². The molecule has 11 heteroatoms. The number of ether oxygens (including phenoxy) is 2. The summed E-state index contributed by atoms with van der Waals surface area (Å²) in [5.74, 6) is -1.40. The number of epoxide rings is 1. The molecule has 4 aromatic rings. The van der Waals surface area contributed by atoms with E-state index >= 15 is 0 Å². The first kappa shape index (κ1) is 31.3. The lowest BCUT2D eigenvalue weighted by atomic mass is 9.94. The van der Waals surface area contributed by atoms with Crippen LogP contribution in [0.1, 0.15) is 30.5 Å². The van der Waals surface area contributed by atoms with Crippen LogP contribution in [0, 0.1) is 0 Å². The summed E-state index contributed by atoms with van der Waals surface area (Å²) in [4.78, 5) is 56.2. The Balaban J connectivity index is 1.31. The molecule has 4 atom stereocenters. The van der Waals surface area contributed by atoms with Gasteiger partial charge in [0.25, 0.3) is 0 Å². The maximum Gasteiger partial charge on any atom is 0.408 e. The van der Waals surface area contributed by atoms with Gasteiger partial charge in [-0.05, 0) is 55.2 Å². The van der Waals surface area contributed by atoms with E-state index in [4.69, 9.17) is 9.47 Å². The molecular weight excluding hydrogens is 576 g/mol. The molecule has 234 valence electrons. The summed E-state index contributed by atoms with van der Waals surface area (Å²) in [5.41, 5.74) is 2.16. The number of carbonyl (C=O) groups excluding carboxylic acids is 4. The minimum Gasteiger partial charge on any atom is -0.508 e. The first-order valence-corrected chi connectivity index (χ1v) is 14.7. The number of aromatic amines is 1. The van der Waals surface area contributed by atoms with Gasteiger partial charge in [-0.1, -0.05) is 60.7 Å². The Bertz CT molecular complexity index is 1660. The summed E-state index contributed by atoms with van der Waals surface area (Å²) in [7, 11) is 0. The van der Waals surface area contributed by atoms with Crippen LogP contribution in [0.5, 0.6) is 5.75 Å². The fourth-order valence-corrected chi connectivity index (χ4v) is 5.00. The number of rotatable bonds is 13. The SMILES string of the molecule is C[C@@H](NC(=O)OCc1ccccc1)C(=O)N[C@@H](Cc1c[nH]c2ccccc12)C(=O)NC(Cc1ccc(O)cc1)C(=O)[C@@]1(C)CO1. The minimum atomic E-state index is -1.09. The van der Waals surface area contributed by atoms with Crippen molar-refractivity contribution < 1.29 is 33.8 Å². The zero-order valence-electron chi connectivity index (χ0n) is 25.0. The van der Waals surface area contributed by atoms with Crippen LogP contribution in [0.4, 0.5) is 4.79 Å². The van der Waals surface area contributed by atoms with E-state index in [1.54, 1.807) is 25.3 Å². The predicted octanol–water partition coefficient (Wildman–Crippen LogP) is 3.30. The maximum atomic E-state index is 13.9. The van der Waals surface area contributed by atoms with Crippen LogP contribution in [0.25, 0.3) is 10.9 Å². The Morgan fingerprint density at radius 2 is 1.53 bits per heavy atom. The van der Waals surface area contributed by atoms with Gasteiger partial charge < -0.3 is 35.5 Å². The third-order valence-corrected chi connectivity index (χ3v) is 7.78. The molecule has 1 fully saturated rings. The largest absolute Gasteiger partial charge is 0.508 e. The topological polar surface area (TPSA) is 162 Å². The van der Waals surface area contributed by atoms with Crippen LogP contribution >= 0.6 is 0 Å². The molecule has 1 unspecified atom stereocenters. The summed E-state index contributed by atoms with van der Waals surface area (Å²) >= 11 is 0. The molecule has 45 heavy (non-hydrogen) atoms. The molecule has 5 N–H and O–H groups in total. The van der Waals surface area contributed by atoms with Gasteiger partial charge in [-0.2, -0.15) is 0 Å². The van der Waals surface area contributed by atoms with Crippen molar-refractivity contribution >= 4 is 34.6 Å². The Kier molecular flexibility index (Phi) is 9.48. The van der Waals surface area contributed by atoms with E-state index in [2.05, 4.69) is 20.9 Å². The van der Waals surface area contributed by atoms with Gasteiger partial charge in [0, 0.05) is 23.5 Å². The van der Waals surface area contributed by atoms with Gasteiger partial charge >= 0.3 is 6.09 Å². The van der Waals surface area contributed by atoms with Crippen molar-refractivity contribution in [2.75, 3.05) is 6.61 Å². The lowest BCUT2D eigenvalue weighted by Gasteiger charge is -2.25. The van der Waals surface area contributed by atoms with E-state index < -0.39 is 41.6 Å². The number of carbonyl (C=O) groups is 4. The van der Waals surface area contributed by atoms with E-state index in [0.29, 0.717) is 0 Å². The van der Waals surface area contributed by atoms with E-state index in [0.717, 1.165) is 27.6 Å². The summed E-state index contributed by atoms with van der Waals surface area (Å²) in [6.07, 6.45) is 1.26. The van der Waals surface area contributed by atoms with Crippen LogP contribution in [0.2, 0.25) is 0 Å². The number of alkyl carbamates (subject to hydrolysis) is 1. The number of nitrogens with one attached hydrogen (secondary N) is 4. The molecule has 1 aliphatic rings. The molecule has 0 saturated carbocycles. The van der Waals surface area contributed by atoms with Crippen LogP contribution in [0.15, 0.2) is 85.1 Å². The Labute approximate surface area is 260 Å².